The van der Waals surface area contributed by atoms with Gasteiger partial charge >= 0.3 is 0 Å². The van der Waals surface area contributed by atoms with Crippen LogP contribution in [0.25, 0.3) is 0 Å². The van der Waals surface area contributed by atoms with Crippen LogP contribution in [-0.2, 0) is 11.3 Å². The summed E-state index contributed by atoms with van der Waals surface area (Å²) in [5.41, 5.74) is 1.28. The Kier molecular flexibility index (Phi) is 5.96. The minimum absolute atomic E-state index is 0.287. The van der Waals surface area contributed by atoms with Crippen molar-refractivity contribution >= 4 is 17.7 Å². The van der Waals surface area contributed by atoms with E-state index in [1.54, 1.807) is 11.8 Å². The highest BCUT2D eigenvalue weighted by molar-refractivity contribution is 7.98. The fourth-order valence-corrected chi connectivity index (χ4v) is 3.74. The summed E-state index contributed by atoms with van der Waals surface area (Å²) >= 11 is 1.73. The van der Waals surface area contributed by atoms with Crippen LogP contribution in [0.5, 0.6) is 0 Å². The Morgan fingerprint density at radius 3 is 2.96 bits per heavy atom. The van der Waals surface area contributed by atoms with Crippen molar-refractivity contribution in [3.8, 4) is 0 Å². The molecule has 1 aliphatic heterocycles. The molecule has 1 saturated heterocycles. The van der Waals surface area contributed by atoms with Gasteiger partial charge in [0.15, 0.2) is 0 Å². The Hall–Kier alpha value is -1.75. The number of benzene rings is 1. The monoisotopic (exact) mass is 343 g/mol. The Balaban J connectivity index is 1.68. The van der Waals surface area contributed by atoms with Crippen LogP contribution in [0.4, 0.5) is 0 Å². The van der Waals surface area contributed by atoms with Gasteiger partial charge in [-0.05, 0) is 24.7 Å². The fourth-order valence-electron chi connectivity index (χ4n) is 3.36. The second-order valence-electron chi connectivity index (χ2n) is 6.32. The van der Waals surface area contributed by atoms with Crippen molar-refractivity contribution < 1.29 is 4.79 Å². The van der Waals surface area contributed by atoms with E-state index in [1.165, 1.54) is 5.56 Å². The predicted octanol–water partition coefficient (Wildman–Crippen LogP) is 3.39. The number of amides is 1. The van der Waals surface area contributed by atoms with Crippen molar-refractivity contribution in [2.75, 3.05) is 25.1 Å². The smallest absolute Gasteiger partial charge is 0.223 e. The first kappa shape index (κ1) is 17.1. The summed E-state index contributed by atoms with van der Waals surface area (Å²) in [5.74, 6) is 2.65. The van der Waals surface area contributed by atoms with E-state index >= 15 is 0 Å². The minimum atomic E-state index is 0.287. The van der Waals surface area contributed by atoms with Crippen LogP contribution in [-0.4, -0.2) is 45.5 Å². The average molecular weight is 343 g/mol. The normalized spacial score (nSPS) is 17.9. The van der Waals surface area contributed by atoms with Crippen LogP contribution in [0.3, 0.4) is 0 Å². The van der Waals surface area contributed by atoms with E-state index in [2.05, 4.69) is 40.0 Å². The lowest BCUT2D eigenvalue weighted by Gasteiger charge is -2.32. The summed E-state index contributed by atoms with van der Waals surface area (Å²) in [7, 11) is 0. The van der Waals surface area contributed by atoms with Crippen molar-refractivity contribution in [1.29, 1.82) is 0 Å². The van der Waals surface area contributed by atoms with E-state index in [9.17, 15) is 4.79 Å². The number of carbonyl (C=O) groups is 1. The zero-order valence-corrected chi connectivity index (χ0v) is 15.0. The van der Waals surface area contributed by atoms with Crippen LogP contribution in [0, 0.1) is 0 Å². The van der Waals surface area contributed by atoms with Crippen LogP contribution >= 0.6 is 11.8 Å². The van der Waals surface area contributed by atoms with Gasteiger partial charge in [-0.1, -0.05) is 30.3 Å². The SMILES string of the molecule is CSCCC(=O)N1CCC[C@H](c2nccn2Cc2ccccc2)C1. The van der Waals surface area contributed by atoms with E-state index in [0.29, 0.717) is 12.3 Å². The molecule has 3 rings (SSSR count). The number of aromatic nitrogens is 2. The number of hydrogen-bond donors (Lipinski definition) is 0. The number of nitrogens with zero attached hydrogens (tertiary/aromatic N) is 3. The molecule has 0 N–H and O–H groups in total. The molecule has 0 unspecified atom stereocenters. The first-order valence-corrected chi connectivity index (χ1v) is 9.99. The molecule has 0 radical (unpaired) electrons. The lowest BCUT2D eigenvalue weighted by atomic mass is 9.96. The lowest BCUT2D eigenvalue weighted by Crippen LogP contribution is -2.39. The van der Waals surface area contributed by atoms with Crippen LogP contribution in [0.2, 0.25) is 0 Å². The maximum atomic E-state index is 12.3. The van der Waals surface area contributed by atoms with Gasteiger partial charge in [-0.15, -0.1) is 0 Å². The Morgan fingerprint density at radius 1 is 1.33 bits per heavy atom. The Morgan fingerprint density at radius 2 is 2.17 bits per heavy atom. The van der Waals surface area contributed by atoms with Crippen molar-refractivity contribution in [2.24, 2.45) is 0 Å². The summed E-state index contributed by atoms with van der Waals surface area (Å²) in [6, 6.07) is 10.5. The molecule has 5 heteroatoms. The third-order valence-corrected chi connectivity index (χ3v) is 5.22. The van der Waals surface area contributed by atoms with Crippen molar-refractivity contribution in [3.05, 3.63) is 54.1 Å². The van der Waals surface area contributed by atoms with Gasteiger partial charge in [-0.2, -0.15) is 11.8 Å². The number of carbonyl (C=O) groups excluding carboxylic acids is 1. The third kappa shape index (κ3) is 4.20. The Bertz CT molecular complexity index is 656. The first-order valence-electron chi connectivity index (χ1n) is 8.59. The van der Waals surface area contributed by atoms with Gasteiger partial charge in [-0.3, -0.25) is 4.79 Å². The zero-order valence-electron chi connectivity index (χ0n) is 14.2. The van der Waals surface area contributed by atoms with E-state index in [0.717, 1.165) is 44.1 Å². The number of likely N-dealkylation sites (tertiary alicyclic amines) is 1. The molecule has 1 fully saturated rings. The molecule has 4 nitrogen and oxygen atoms in total. The average Bonchev–Trinajstić information content (AvgIpc) is 3.09. The van der Waals surface area contributed by atoms with Crippen LogP contribution < -0.4 is 0 Å². The molecule has 0 bridgehead atoms. The molecule has 0 spiro atoms. The predicted molar refractivity (Wildman–Crippen MR) is 99.3 cm³/mol. The first-order chi connectivity index (χ1) is 11.8. The number of rotatable bonds is 6. The van der Waals surface area contributed by atoms with E-state index in [4.69, 9.17) is 0 Å². The molecule has 1 aromatic heterocycles. The minimum Gasteiger partial charge on any atom is -0.342 e. The summed E-state index contributed by atoms with van der Waals surface area (Å²) in [6.07, 6.45) is 8.80. The zero-order chi connectivity index (χ0) is 16.8. The molecule has 2 aromatic rings. The third-order valence-electron chi connectivity index (χ3n) is 4.60. The fraction of sp³-hybridized carbons (Fsp3) is 0.474. The molecule has 1 amide bonds. The second kappa shape index (κ2) is 8.38. The number of imidazole rings is 1. The lowest BCUT2D eigenvalue weighted by molar-refractivity contribution is -0.132. The van der Waals surface area contributed by atoms with Gasteiger partial charge in [0, 0.05) is 50.1 Å². The molecule has 2 heterocycles. The van der Waals surface area contributed by atoms with Gasteiger partial charge in [0.2, 0.25) is 5.91 Å². The molecule has 0 aliphatic carbocycles. The van der Waals surface area contributed by atoms with Gasteiger partial charge in [0.05, 0.1) is 0 Å². The highest BCUT2D eigenvalue weighted by atomic mass is 32.2. The Labute approximate surface area is 148 Å². The quantitative estimate of drug-likeness (QED) is 0.807. The van der Waals surface area contributed by atoms with Gasteiger partial charge in [0.25, 0.3) is 0 Å². The molecule has 1 aliphatic rings. The van der Waals surface area contributed by atoms with Gasteiger partial charge in [-0.25, -0.2) is 4.98 Å². The van der Waals surface area contributed by atoms with Gasteiger partial charge < -0.3 is 9.47 Å². The van der Waals surface area contributed by atoms with Crippen molar-refractivity contribution in [2.45, 2.75) is 31.7 Å². The molecule has 1 atom stereocenters. The number of piperidine rings is 1. The van der Waals surface area contributed by atoms with E-state index < -0.39 is 0 Å². The van der Waals surface area contributed by atoms with Gasteiger partial charge in [0.1, 0.15) is 5.82 Å². The topological polar surface area (TPSA) is 38.1 Å². The molecule has 0 saturated carbocycles. The van der Waals surface area contributed by atoms with E-state index in [1.807, 2.05) is 23.4 Å². The maximum absolute atomic E-state index is 12.3. The molecular formula is C19H25N3OS. The summed E-state index contributed by atoms with van der Waals surface area (Å²) in [4.78, 5) is 19.0. The summed E-state index contributed by atoms with van der Waals surface area (Å²) in [6.45, 7) is 2.54. The molecule has 128 valence electrons. The highest BCUT2D eigenvalue weighted by Crippen LogP contribution is 2.26. The summed E-state index contributed by atoms with van der Waals surface area (Å²) in [5, 5.41) is 0. The highest BCUT2D eigenvalue weighted by Gasteiger charge is 2.27. The maximum Gasteiger partial charge on any atom is 0.223 e. The largest absolute Gasteiger partial charge is 0.342 e. The number of hydrogen-bond acceptors (Lipinski definition) is 3. The standard InChI is InChI=1S/C19H25N3OS/c1-24-13-9-18(23)21-11-5-8-17(15-21)19-20-10-12-22(19)14-16-6-3-2-4-7-16/h2-4,6-7,10,12,17H,5,8-9,11,13-15H2,1H3/t17-/m0/s1. The molecular weight excluding hydrogens is 318 g/mol. The summed E-state index contributed by atoms with van der Waals surface area (Å²) < 4.78 is 2.23. The molecule has 24 heavy (non-hydrogen) atoms. The van der Waals surface area contributed by atoms with Crippen LogP contribution in [0.15, 0.2) is 42.7 Å². The van der Waals surface area contributed by atoms with Crippen molar-refractivity contribution in [1.82, 2.24) is 14.5 Å². The molecule has 1 aromatic carbocycles. The van der Waals surface area contributed by atoms with Crippen LogP contribution in [0.1, 0.15) is 36.6 Å². The van der Waals surface area contributed by atoms with E-state index in [-0.39, 0.29) is 5.91 Å². The number of thioether (sulfide) groups is 1. The van der Waals surface area contributed by atoms with Crippen molar-refractivity contribution in [3.63, 3.8) is 0 Å². The second-order valence-corrected chi connectivity index (χ2v) is 7.31.